The normalized spacial score (nSPS) is 11.8. The molecule has 0 saturated carbocycles. The molecular weight excluding hydrogens is 263 g/mol. The van der Waals surface area contributed by atoms with Crippen LogP contribution in [0.2, 0.25) is 0 Å². The molecule has 1 rings (SSSR count). The van der Waals surface area contributed by atoms with Gasteiger partial charge in [0.15, 0.2) is 0 Å². The predicted octanol–water partition coefficient (Wildman–Crippen LogP) is 2.86. The molecule has 0 radical (unpaired) electrons. The summed E-state index contributed by atoms with van der Waals surface area (Å²) in [7, 11) is 0. The zero-order valence-corrected chi connectivity index (χ0v) is 8.52. The van der Waals surface area contributed by atoms with E-state index in [1.807, 2.05) is 0 Å². The quantitative estimate of drug-likeness (QED) is 0.838. The number of benzene rings is 1. The molecule has 0 spiro atoms. The molecule has 78 valence electrons. The highest BCUT2D eigenvalue weighted by molar-refractivity contribution is 9.10. The van der Waals surface area contributed by atoms with Crippen LogP contribution in [-0.4, -0.2) is 0 Å². The molecule has 0 saturated heterocycles. The molecule has 14 heavy (non-hydrogen) atoms. The van der Waals surface area contributed by atoms with Crippen molar-refractivity contribution in [2.24, 2.45) is 5.90 Å². The summed E-state index contributed by atoms with van der Waals surface area (Å²) in [5.41, 5.74) is -0.134. The lowest BCUT2D eigenvalue weighted by Crippen LogP contribution is -2.07. The number of halogens is 4. The molecule has 6 heteroatoms. The lowest BCUT2D eigenvalue weighted by Gasteiger charge is -2.09. The van der Waals surface area contributed by atoms with Crippen molar-refractivity contribution in [3.05, 3.63) is 33.8 Å². The van der Waals surface area contributed by atoms with Crippen molar-refractivity contribution in [3.63, 3.8) is 0 Å². The van der Waals surface area contributed by atoms with Crippen molar-refractivity contribution in [2.45, 2.75) is 12.8 Å². The third-order valence-electron chi connectivity index (χ3n) is 1.59. The molecule has 0 unspecified atom stereocenters. The first-order valence-electron chi connectivity index (χ1n) is 3.62. The molecule has 0 amide bonds. The molecule has 0 heterocycles. The highest BCUT2D eigenvalue weighted by atomic mass is 79.9. The third kappa shape index (κ3) is 2.70. The summed E-state index contributed by atoms with van der Waals surface area (Å²) >= 11 is 2.84. The molecule has 0 aliphatic heterocycles. The molecule has 0 fully saturated rings. The highest BCUT2D eigenvalue weighted by Gasteiger charge is 2.32. The van der Waals surface area contributed by atoms with Crippen molar-refractivity contribution in [1.29, 1.82) is 0 Å². The predicted molar refractivity (Wildman–Crippen MR) is 48.1 cm³/mol. The van der Waals surface area contributed by atoms with Gasteiger partial charge in [0.25, 0.3) is 0 Å². The number of hydrogen-bond acceptors (Lipinski definition) is 2. The summed E-state index contributed by atoms with van der Waals surface area (Å²) in [6.45, 7) is 0.0801. The maximum atomic E-state index is 12.3. The van der Waals surface area contributed by atoms with Crippen LogP contribution in [-0.2, 0) is 17.6 Å². The smallest absolute Gasteiger partial charge is 0.300 e. The molecule has 2 nitrogen and oxygen atoms in total. The molecule has 1 aromatic carbocycles. The van der Waals surface area contributed by atoms with Crippen LogP contribution in [0.3, 0.4) is 0 Å². The molecule has 0 atom stereocenters. The van der Waals surface area contributed by atoms with Crippen LogP contribution in [0.5, 0.6) is 0 Å². The largest absolute Gasteiger partial charge is 0.417 e. The fourth-order valence-electron chi connectivity index (χ4n) is 0.975. The minimum absolute atomic E-state index is 0.0143. The lowest BCUT2D eigenvalue weighted by atomic mass is 10.1. The fourth-order valence-corrected chi connectivity index (χ4v) is 1.63. The van der Waals surface area contributed by atoms with Crippen LogP contribution in [0.15, 0.2) is 22.7 Å². The summed E-state index contributed by atoms with van der Waals surface area (Å²) < 4.78 is 36.8. The highest BCUT2D eigenvalue weighted by Crippen LogP contribution is 2.35. The molecule has 0 aliphatic carbocycles. The van der Waals surface area contributed by atoms with E-state index in [0.717, 1.165) is 6.07 Å². The SMILES string of the molecule is NOCc1ccc(C(F)(F)F)c(Br)c1. The first-order valence-corrected chi connectivity index (χ1v) is 4.41. The summed E-state index contributed by atoms with van der Waals surface area (Å²) in [6.07, 6.45) is -4.35. The number of hydrogen-bond donors (Lipinski definition) is 1. The molecular formula is C8H7BrF3NO. The molecule has 0 bridgehead atoms. The van der Waals surface area contributed by atoms with E-state index in [1.165, 1.54) is 12.1 Å². The minimum Gasteiger partial charge on any atom is -0.300 e. The Morgan fingerprint density at radius 1 is 1.36 bits per heavy atom. The second-order valence-corrected chi connectivity index (χ2v) is 3.48. The van der Waals surface area contributed by atoms with Crippen molar-refractivity contribution in [1.82, 2.24) is 0 Å². The Morgan fingerprint density at radius 2 is 2.00 bits per heavy atom. The van der Waals surface area contributed by atoms with Gasteiger partial charge in [-0.05, 0) is 17.7 Å². The maximum Gasteiger partial charge on any atom is 0.417 e. The van der Waals surface area contributed by atoms with Crippen LogP contribution in [0.25, 0.3) is 0 Å². The van der Waals surface area contributed by atoms with Gasteiger partial charge in [-0.3, -0.25) is 4.84 Å². The van der Waals surface area contributed by atoms with Crippen LogP contribution in [0.1, 0.15) is 11.1 Å². The van der Waals surface area contributed by atoms with Crippen molar-refractivity contribution in [3.8, 4) is 0 Å². The van der Waals surface area contributed by atoms with E-state index >= 15 is 0 Å². The van der Waals surface area contributed by atoms with Crippen molar-refractivity contribution >= 4 is 15.9 Å². The van der Waals surface area contributed by atoms with E-state index in [2.05, 4.69) is 20.8 Å². The fraction of sp³-hybridized carbons (Fsp3) is 0.250. The van der Waals surface area contributed by atoms with Gasteiger partial charge in [-0.15, -0.1) is 0 Å². The summed E-state index contributed by atoms with van der Waals surface area (Å²) in [4.78, 5) is 4.31. The Bertz CT molecular complexity index is 327. The van der Waals surface area contributed by atoms with Gasteiger partial charge in [-0.25, -0.2) is 5.90 Å². The first kappa shape index (κ1) is 11.5. The Labute approximate surface area is 86.9 Å². The number of rotatable bonds is 2. The van der Waals surface area contributed by atoms with E-state index in [1.54, 1.807) is 0 Å². The number of alkyl halides is 3. The molecule has 1 aromatic rings. The van der Waals surface area contributed by atoms with Gasteiger partial charge in [0.2, 0.25) is 0 Å². The Hall–Kier alpha value is -0.590. The zero-order chi connectivity index (χ0) is 10.8. The van der Waals surface area contributed by atoms with E-state index in [-0.39, 0.29) is 11.1 Å². The average molecular weight is 270 g/mol. The van der Waals surface area contributed by atoms with Crippen LogP contribution in [0, 0.1) is 0 Å². The van der Waals surface area contributed by atoms with Gasteiger partial charge >= 0.3 is 6.18 Å². The van der Waals surface area contributed by atoms with E-state index in [9.17, 15) is 13.2 Å². The maximum absolute atomic E-state index is 12.3. The molecule has 2 N–H and O–H groups in total. The summed E-state index contributed by atoms with van der Waals surface area (Å²) in [5.74, 6) is 4.80. The Morgan fingerprint density at radius 3 is 2.43 bits per heavy atom. The minimum atomic E-state index is -4.35. The van der Waals surface area contributed by atoms with Crippen LogP contribution >= 0.6 is 15.9 Å². The zero-order valence-electron chi connectivity index (χ0n) is 6.94. The Kier molecular flexibility index (Phi) is 3.52. The van der Waals surface area contributed by atoms with Gasteiger partial charge in [-0.1, -0.05) is 22.0 Å². The van der Waals surface area contributed by atoms with Crippen LogP contribution in [0.4, 0.5) is 13.2 Å². The van der Waals surface area contributed by atoms with E-state index in [4.69, 9.17) is 5.90 Å². The Balaban J connectivity index is 3.02. The lowest BCUT2D eigenvalue weighted by molar-refractivity contribution is -0.138. The standard InChI is InChI=1S/C8H7BrF3NO/c9-7-3-5(4-14-13)1-2-6(7)8(10,11)12/h1-3H,4,13H2. The summed E-state index contributed by atoms with van der Waals surface area (Å²) in [5, 5.41) is 0. The molecule has 0 aromatic heterocycles. The van der Waals surface area contributed by atoms with Crippen molar-refractivity contribution in [2.75, 3.05) is 0 Å². The topological polar surface area (TPSA) is 35.2 Å². The van der Waals surface area contributed by atoms with Gasteiger partial charge < -0.3 is 0 Å². The average Bonchev–Trinajstić information content (AvgIpc) is 2.02. The second-order valence-electron chi connectivity index (χ2n) is 2.62. The summed E-state index contributed by atoms with van der Waals surface area (Å²) in [6, 6.07) is 3.63. The van der Waals surface area contributed by atoms with Crippen LogP contribution < -0.4 is 5.90 Å². The van der Waals surface area contributed by atoms with E-state index in [0.29, 0.717) is 5.56 Å². The molecule has 0 aliphatic rings. The third-order valence-corrected chi connectivity index (χ3v) is 2.24. The van der Waals surface area contributed by atoms with Gasteiger partial charge in [0, 0.05) is 4.47 Å². The van der Waals surface area contributed by atoms with Gasteiger partial charge in [0.1, 0.15) is 0 Å². The monoisotopic (exact) mass is 269 g/mol. The van der Waals surface area contributed by atoms with Gasteiger partial charge in [0.05, 0.1) is 12.2 Å². The van der Waals surface area contributed by atoms with Gasteiger partial charge in [-0.2, -0.15) is 13.2 Å². The first-order chi connectivity index (χ1) is 6.45. The number of nitrogens with two attached hydrogens (primary N) is 1. The second kappa shape index (κ2) is 4.29. The van der Waals surface area contributed by atoms with Crippen molar-refractivity contribution < 1.29 is 18.0 Å². The van der Waals surface area contributed by atoms with E-state index < -0.39 is 11.7 Å².